The number of rotatable bonds is 9. The molecule has 0 amide bonds. The van der Waals surface area contributed by atoms with Crippen molar-refractivity contribution < 1.29 is 19.4 Å². The molecule has 1 N–H and O–H groups in total. The predicted molar refractivity (Wildman–Crippen MR) is 138 cm³/mol. The van der Waals surface area contributed by atoms with Crippen LogP contribution in [-0.2, 0) is 11.2 Å². The Labute approximate surface area is 200 Å². The van der Waals surface area contributed by atoms with Crippen LogP contribution in [0.3, 0.4) is 0 Å². The Morgan fingerprint density at radius 1 is 0.941 bits per heavy atom. The number of methoxy groups -OCH3 is 1. The van der Waals surface area contributed by atoms with E-state index in [1.54, 1.807) is 13.2 Å². The third kappa shape index (κ3) is 5.29. The lowest BCUT2D eigenvalue weighted by Crippen LogP contribution is -1.97. The van der Waals surface area contributed by atoms with Gasteiger partial charge in [-0.05, 0) is 65.3 Å². The number of unbranched alkanes of at least 4 members (excludes halogenated alkanes) is 1. The summed E-state index contributed by atoms with van der Waals surface area (Å²) in [4.78, 5) is 10.8. The minimum Gasteiger partial charge on any atom is -0.497 e. The highest BCUT2D eigenvalue weighted by Crippen LogP contribution is 2.43. The lowest BCUT2D eigenvalue weighted by molar-refractivity contribution is -0.131. The third-order valence-electron chi connectivity index (χ3n) is 5.78. The maximum absolute atomic E-state index is 10.8. The standard InChI is InChI=1S/C30H28O4/c1-3-4-7-24-20-23-8-5-6-9-27(23)30(29(24)22-13-17-25(33-2)18-14-22)34-26-15-10-21(11-16-26)12-19-28(31)32/h5-6,8-20H,3-4,7H2,1-2H3,(H,31,32). The van der Waals surface area contributed by atoms with E-state index in [1.807, 2.05) is 48.5 Å². The van der Waals surface area contributed by atoms with E-state index < -0.39 is 5.97 Å². The molecule has 172 valence electrons. The second-order valence-electron chi connectivity index (χ2n) is 8.14. The molecule has 4 aromatic carbocycles. The molecule has 4 nitrogen and oxygen atoms in total. The van der Waals surface area contributed by atoms with Crippen molar-refractivity contribution in [1.29, 1.82) is 0 Å². The van der Waals surface area contributed by atoms with E-state index in [0.29, 0.717) is 5.75 Å². The monoisotopic (exact) mass is 452 g/mol. The number of aryl methyl sites for hydroxylation is 1. The van der Waals surface area contributed by atoms with Gasteiger partial charge < -0.3 is 14.6 Å². The Balaban J connectivity index is 1.84. The number of benzene rings is 4. The van der Waals surface area contributed by atoms with Crippen LogP contribution in [0.25, 0.3) is 28.0 Å². The maximum atomic E-state index is 10.8. The van der Waals surface area contributed by atoms with Crippen LogP contribution in [-0.4, -0.2) is 18.2 Å². The number of fused-ring (bicyclic) bond motifs is 1. The molecular formula is C30H28O4. The highest BCUT2D eigenvalue weighted by molar-refractivity contribution is 5.97. The van der Waals surface area contributed by atoms with Gasteiger partial charge in [0, 0.05) is 17.0 Å². The van der Waals surface area contributed by atoms with Gasteiger partial charge in [0.2, 0.25) is 0 Å². The van der Waals surface area contributed by atoms with Crippen LogP contribution >= 0.6 is 0 Å². The molecule has 0 spiro atoms. The summed E-state index contributed by atoms with van der Waals surface area (Å²) in [5.41, 5.74) is 4.21. The Kier molecular flexibility index (Phi) is 7.28. The first-order valence-corrected chi connectivity index (χ1v) is 11.5. The second kappa shape index (κ2) is 10.7. The predicted octanol–water partition coefficient (Wildman–Crippen LogP) is 7.75. The minimum absolute atomic E-state index is 0.694. The molecule has 0 bridgehead atoms. The Bertz CT molecular complexity index is 1300. The number of aliphatic carboxylic acids is 1. The molecule has 34 heavy (non-hydrogen) atoms. The summed E-state index contributed by atoms with van der Waals surface area (Å²) in [6, 6.07) is 26.1. The number of hydrogen-bond donors (Lipinski definition) is 1. The van der Waals surface area contributed by atoms with Crippen molar-refractivity contribution in [3.05, 3.63) is 96.1 Å². The molecule has 0 saturated carbocycles. The Morgan fingerprint density at radius 2 is 1.65 bits per heavy atom. The van der Waals surface area contributed by atoms with Gasteiger partial charge in [0.15, 0.2) is 0 Å². The van der Waals surface area contributed by atoms with Crippen LogP contribution in [0.4, 0.5) is 0 Å². The maximum Gasteiger partial charge on any atom is 0.328 e. The molecule has 0 heterocycles. The fourth-order valence-corrected chi connectivity index (χ4v) is 4.05. The molecule has 0 fully saturated rings. The van der Waals surface area contributed by atoms with E-state index in [9.17, 15) is 4.79 Å². The quantitative estimate of drug-likeness (QED) is 0.264. The number of hydrogen-bond acceptors (Lipinski definition) is 3. The molecule has 0 radical (unpaired) electrons. The van der Waals surface area contributed by atoms with Crippen LogP contribution in [0.5, 0.6) is 17.2 Å². The highest BCUT2D eigenvalue weighted by atomic mass is 16.5. The van der Waals surface area contributed by atoms with Gasteiger partial charge in [-0.3, -0.25) is 0 Å². The Morgan fingerprint density at radius 3 is 2.32 bits per heavy atom. The van der Waals surface area contributed by atoms with Crippen LogP contribution in [0.1, 0.15) is 30.9 Å². The summed E-state index contributed by atoms with van der Waals surface area (Å²) in [5, 5.41) is 11.1. The molecule has 4 rings (SSSR count). The number of carbonyl (C=O) groups is 1. The van der Waals surface area contributed by atoms with Crippen LogP contribution in [0.2, 0.25) is 0 Å². The number of ether oxygens (including phenoxy) is 2. The average molecular weight is 453 g/mol. The van der Waals surface area contributed by atoms with Crippen molar-refractivity contribution in [2.45, 2.75) is 26.2 Å². The lowest BCUT2D eigenvalue weighted by Gasteiger charge is -2.19. The van der Waals surface area contributed by atoms with Gasteiger partial charge in [0.1, 0.15) is 17.2 Å². The zero-order chi connectivity index (χ0) is 23.9. The van der Waals surface area contributed by atoms with E-state index in [4.69, 9.17) is 14.6 Å². The summed E-state index contributed by atoms with van der Waals surface area (Å²) in [5.74, 6) is 1.36. The highest BCUT2D eigenvalue weighted by Gasteiger charge is 2.17. The fourth-order valence-electron chi connectivity index (χ4n) is 4.05. The topological polar surface area (TPSA) is 55.8 Å². The third-order valence-corrected chi connectivity index (χ3v) is 5.78. The molecule has 0 aromatic heterocycles. The van der Waals surface area contributed by atoms with Gasteiger partial charge in [-0.25, -0.2) is 4.79 Å². The molecule has 0 aliphatic heterocycles. The van der Waals surface area contributed by atoms with Crippen molar-refractivity contribution in [3.63, 3.8) is 0 Å². The van der Waals surface area contributed by atoms with Crippen LogP contribution < -0.4 is 9.47 Å². The van der Waals surface area contributed by atoms with E-state index in [2.05, 4.69) is 37.3 Å². The van der Waals surface area contributed by atoms with Gasteiger partial charge in [0.05, 0.1) is 7.11 Å². The summed E-state index contributed by atoms with van der Waals surface area (Å²) < 4.78 is 11.9. The van der Waals surface area contributed by atoms with E-state index in [-0.39, 0.29) is 0 Å². The zero-order valence-corrected chi connectivity index (χ0v) is 19.5. The van der Waals surface area contributed by atoms with Gasteiger partial charge in [-0.1, -0.05) is 67.9 Å². The first kappa shape index (κ1) is 23.1. The number of carboxylic acid groups (broad SMARTS) is 1. The van der Waals surface area contributed by atoms with Crippen molar-refractivity contribution in [1.82, 2.24) is 0 Å². The van der Waals surface area contributed by atoms with Crippen molar-refractivity contribution in [2.75, 3.05) is 7.11 Å². The molecular weight excluding hydrogens is 424 g/mol. The minimum atomic E-state index is -0.972. The summed E-state index contributed by atoms with van der Waals surface area (Å²) >= 11 is 0. The summed E-state index contributed by atoms with van der Waals surface area (Å²) in [6.45, 7) is 2.20. The Hall–Kier alpha value is -4.05. The van der Waals surface area contributed by atoms with Crippen LogP contribution in [0, 0.1) is 0 Å². The van der Waals surface area contributed by atoms with Gasteiger partial charge in [-0.15, -0.1) is 0 Å². The molecule has 0 atom stereocenters. The van der Waals surface area contributed by atoms with Gasteiger partial charge >= 0.3 is 5.97 Å². The van der Waals surface area contributed by atoms with E-state index in [1.165, 1.54) is 5.56 Å². The fraction of sp³-hybridized carbons (Fsp3) is 0.167. The molecule has 0 saturated heterocycles. The number of carboxylic acids is 1. The first-order chi connectivity index (χ1) is 16.6. The molecule has 0 aliphatic carbocycles. The summed E-state index contributed by atoms with van der Waals surface area (Å²) in [7, 11) is 1.67. The molecule has 0 unspecified atom stereocenters. The summed E-state index contributed by atoms with van der Waals surface area (Å²) in [6.07, 6.45) is 5.85. The zero-order valence-electron chi connectivity index (χ0n) is 19.5. The van der Waals surface area contributed by atoms with Crippen molar-refractivity contribution in [2.24, 2.45) is 0 Å². The second-order valence-corrected chi connectivity index (χ2v) is 8.14. The SMILES string of the molecule is CCCCc1cc2ccccc2c(Oc2ccc(C=CC(=O)O)cc2)c1-c1ccc(OC)cc1. The van der Waals surface area contributed by atoms with Gasteiger partial charge in [0.25, 0.3) is 0 Å². The lowest BCUT2D eigenvalue weighted by atomic mass is 9.91. The molecule has 0 aliphatic rings. The smallest absolute Gasteiger partial charge is 0.328 e. The molecule has 4 aromatic rings. The van der Waals surface area contributed by atoms with Crippen molar-refractivity contribution in [3.8, 4) is 28.4 Å². The average Bonchev–Trinajstić information content (AvgIpc) is 2.87. The normalized spacial score (nSPS) is 11.1. The van der Waals surface area contributed by atoms with Crippen LogP contribution in [0.15, 0.2) is 84.9 Å². The largest absolute Gasteiger partial charge is 0.497 e. The van der Waals surface area contributed by atoms with Gasteiger partial charge in [-0.2, -0.15) is 0 Å². The molecule has 4 heteroatoms. The van der Waals surface area contributed by atoms with Crippen molar-refractivity contribution >= 4 is 22.8 Å². The van der Waals surface area contributed by atoms with E-state index in [0.717, 1.165) is 64.3 Å². The first-order valence-electron chi connectivity index (χ1n) is 11.5. The van der Waals surface area contributed by atoms with E-state index >= 15 is 0 Å².